The van der Waals surface area contributed by atoms with Gasteiger partial charge in [0.15, 0.2) is 0 Å². The molecule has 2 nitrogen and oxygen atoms in total. The molecule has 2 rings (SSSR count). The summed E-state index contributed by atoms with van der Waals surface area (Å²) in [5.41, 5.74) is 0. The lowest BCUT2D eigenvalue weighted by atomic mass is 9.85. The van der Waals surface area contributed by atoms with Crippen molar-refractivity contribution in [2.24, 2.45) is 17.8 Å². The fourth-order valence-electron chi connectivity index (χ4n) is 2.58. The van der Waals surface area contributed by atoms with Crippen LogP contribution in [0.2, 0.25) is 0 Å². The number of hydrogen-bond acceptors (Lipinski definition) is 1. The Kier molecular flexibility index (Phi) is 2.07. The SMILES string of the molecule is O=C(O)C1CC1C1CCCCC1. The minimum Gasteiger partial charge on any atom is -0.481 e. The van der Waals surface area contributed by atoms with Crippen LogP contribution in [0.5, 0.6) is 0 Å². The first-order valence-corrected chi connectivity index (χ1v) is 5.02. The fraction of sp³-hybridized carbons (Fsp3) is 0.900. The van der Waals surface area contributed by atoms with Gasteiger partial charge in [-0.05, 0) is 18.3 Å². The van der Waals surface area contributed by atoms with Crippen LogP contribution < -0.4 is 0 Å². The Morgan fingerprint density at radius 3 is 2.33 bits per heavy atom. The first-order chi connectivity index (χ1) is 5.79. The van der Waals surface area contributed by atoms with Crippen molar-refractivity contribution in [3.05, 3.63) is 0 Å². The van der Waals surface area contributed by atoms with Gasteiger partial charge in [0.1, 0.15) is 0 Å². The summed E-state index contributed by atoms with van der Waals surface area (Å²) in [5, 5.41) is 8.75. The first-order valence-electron chi connectivity index (χ1n) is 5.02. The van der Waals surface area contributed by atoms with Crippen molar-refractivity contribution >= 4 is 5.97 Å². The number of carboxylic acid groups (broad SMARTS) is 1. The summed E-state index contributed by atoms with van der Waals surface area (Å²) in [4.78, 5) is 10.6. The molecule has 68 valence electrons. The molecule has 0 aliphatic heterocycles. The molecule has 2 unspecified atom stereocenters. The summed E-state index contributed by atoms with van der Waals surface area (Å²) < 4.78 is 0. The van der Waals surface area contributed by atoms with Crippen LogP contribution in [0.4, 0.5) is 0 Å². The van der Waals surface area contributed by atoms with Gasteiger partial charge in [-0.2, -0.15) is 0 Å². The van der Waals surface area contributed by atoms with Gasteiger partial charge in [-0.3, -0.25) is 4.79 Å². The van der Waals surface area contributed by atoms with Crippen molar-refractivity contribution in [2.75, 3.05) is 0 Å². The summed E-state index contributed by atoms with van der Waals surface area (Å²) in [7, 11) is 0. The molecule has 12 heavy (non-hydrogen) atoms. The predicted molar refractivity (Wildman–Crippen MR) is 45.8 cm³/mol. The monoisotopic (exact) mass is 168 g/mol. The third-order valence-corrected chi connectivity index (χ3v) is 3.41. The quantitative estimate of drug-likeness (QED) is 0.686. The minimum absolute atomic E-state index is 0.0214. The van der Waals surface area contributed by atoms with E-state index >= 15 is 0 Å². The maximum absolute atomic E-state index is 10.6. The minimum atomic E-state index is -0.564. The van der Waals surface area contributed by atoms with E-state index in [0.717, 1.165) is 12.3 Å². The van der Waals surface area contributed by atoms with E-state index in [1.54, 1.807) is 0 Å². The molecule has 2 aliphatic rings. The molecule has 0 amide bonds. The molecule has 0 spiro atoms. The summed E-state index contributed by atoms with van der Waals surface area (Å²) >= 11 is 0. The van der Waals surface area contributed by atoms with Crippen molar-refractivity contribution in [1.29, 1.82) is 0 Å². The van der Waals surface area contributed by atoms with Gasteiger partial charge >= 0.3 is 5.97 Å². The standard InChI is InChI=1S/C10H16O2/c11-10(12)9-6-8(9)7-4-2-1-3-5-7/h7-9H,1-6H2,(H,11,12). The maximum atomic E-state index is 10.6. The molecule has 0 bridgehead atoms. The third kappa shape index (κ3) is 1.47. The second-order valence-corrected chi connectivity index (χ2v) is 4.24. The Morgan fingerprint density at radius 2 is 1.83 bits per heavy atom. The molecule has 0 radical (unpaired) electrons. The van der Waals surface area contributed by atoms with Crippen molar-refractivity contribution in [3.8, 4) is 0 Å². The third-order valence-electron chi connectivity index (χ3n) is 3.41. The lowest BCUT2D eigenvalue weighted by Crippen LogP contribution is -2.11. The van der Waals surface area contributed by atoms with E-state index in [2.05, 4.69) is 0 Å². The Bertz CT molecular complexity index is 182. The second-order valence-electron chi connectivity index (χ2n) is 4.24. The zero-order valence-electron chi connectivity index (χ0n) is 7.33. The Morgan fingerprint density at radius 1 is 1.17 bits per heavy atom. The summed E-state index contributed by atoms with van der Waals surface area (Å²) in [5.74, 6) is 0.751. The van der Waals surface area contributed by atoms with E-state index < -0.39 is 5.97 Å². The van der Waals surface area contributed by atoms with E-state index in [4.69, 9.17) is 5.11 Å². The highest BCUT2D eigenvalue weighted by atomic mass is 16.4. The molecule has 2 fully saturated rings. The zero-order valence-corrected chi connectivity index (χ0v) is 7.33. The highest BCUT2D eigenvalue weighted by Gasteiger charge is 2.47. The van der Waals surface area contributed by atoms with Gasteiger partial charge in [0.05, 0.1) is 5.92 Å². The van der Waals surface area contributed by atoms with Gasteiger partial charge in [-0.25, -0.2) is 0 Å². The molecule has 0 aromatic rings. The molecule has 2 saturated carbocycles. The summed E-state index contributed by atoms with van der Waals surface area (Å²) in [6.07, 6.45) is 7.55. The van der Waals surface area contributed by atoms with Crippen LogP contribution >= 0.6 is 0 Å². The van der Waals surface area contributed by atoms with Crippen molar-refractivity contribution in [3.63, 3.8) is 0 Å². The van der Waals surface area contributed by atoms with Crippen molar-refractivity contribution < 1.29 is 9.90 Å². The van der Waals surface area contributed by atoms with Crippen LogP contribution in [0.1, 0.15) is 38.5 Å². The van der Waals surface area contributed by atoms with Crippen molar-refractivity contribution in [2.45, 2.75) is 38.5 Å². The fourth-order valence-corrected chi connectivity index (χ4v) is 2.58. The van der Waals surface area contributed by atoms with Gasteiger partial charge in [0.25, 0.3) is 0 Å². The lowest BCUT2D eigenvalue weighted by Gasteiger charge is -2.21. The Hall–Kier alpha value is -0.530. The Labute approximate surface area is 73.0 Å². The van der Waals surface area contributed by atoms with Gasteiger partial charge < -0.3 is 5.11 Å². The van der Waals surface area contributed by atoms with Crippen LogP contribution in [0.3, 0.4) is 0 Å². The highest BCUT2D eigenvalue weighted by molar-refractivity contribution is 5.73. The first kappa shape index (κ1) is 8.09. The molecule has 0 aromatic heterocycles. The van der Waals surface area contributed by atoms with Gasteiger partial charge in [0.2, 0.25) is 0 Å². The van der Waals surface area contributed by atoms with Crippen LogP contribution in [-0.2, 0) is 4.79 Å². The highest BCUT2D eigenvalue weighted by Crippen LogP contribution is 2.49. The van der Waals surface area contributed by atoms with E-state index in [1.165, 1.54) is 32.1 Å². The average Bonchev–Trinajstić information content (AvgIpc) is 2.84. The van der Waals surface area contributed by atoms with Crippen LogP contribution in [-0.4, -0.2) is 11.1 Å². The van der Waals surface area contributed by atoms with Crippen LogP contribution in [0.15, 0.2) is 0 Å². The topological polar surface area (TPSA) is 37.3 Å². The van der Waals surface area contributed by atoms with E-state index in [9.17, 15) is 4.79 Å². The van der Waals surface area contributed by atoms with Crippen molar-refractivity contribution in [1.82, 2.24) is 0 Å². The number of aliphatic carboxylic acids is 1. The Balaban J connectivity index is 1.83. The largest absolute Gasteiger partial charge is 0.481 e. The normalized spacial score (nSPS) is 36.3. The summed E-state index contributed by atoms with van der Waals surface area (Å²) in [6.45, 7) is 0. The molecule has 0 aromatic carbocycles. The number of hydrogen-bond donors (Lipinski definition) is 1. The number of carboxylic acids is 1. The second kappa shape index (κ2) is 3.08. The number of rotatable bonds is 2. The maximum Gasteiger partial charge on any atom is 0.306 e. The predicted octanol–water partition coefficient (Wildman–Crippen LogP) is 2.29. The van der Waals surface area contributed by atoms with Gasteiger partial charge in [0, 0.05) is 0 Å². The smallest absolute Gasteiger partial charge is 0.306 e. The summed E-state index contributed by atoms with van der Waals surface area (Å²) in [6, 6.07) is 0. The molecule has 1 N–H and O–H groups in total. The van der Waals surface area contributed by atoms with Crippen LogP contribution in [0, 0.1) is 17.8 Å². The van der Waals surface area contributed by atoms with Gasteiger partial charge in [-0.1, -0.05) is 32.1 Å². The van der Waals surface area contributed by atoms with E-state index in [-0.39, 0.29) is 5.92 Å². The number of carbonyl (C=O) groups is 1. The molecule has 0 saturated heterocycles. The molecule has 2 aliphatic carbocycles. The zero-order chi connectivity index (χ0) is 8.55. The van der Waals surface area contributed by atoms with E-state index in [1.807, 2.05) is 0 Å². The van der Waals surface area contributed by atoms with Crippen LogP contribution in [0.25, 0.3) is 0 Å². The van der Waals surface area contributed by atoms with Gasteiger partial charge in [-0.15, -0.1) is 0 Å². The molecule has 0 heterocycles. The molecule has 2 heteroatoms. The molecular weight excluding hydrogens is 152 g/mol. The molecule has 2 atom stereocenters. The average molecular weight is 168 g/mol. The lowest BCUT2D eigenvalue weighted by molar-refractivity contribution is -0.139. The molecular formula is C10H16O2. The van der Waals surface area contributed by atoms with E-state index in [0.29, 0.717) is 5.92 Å².